The van der Waals surface area contributed by atoms with Crippen LogP contribution < -0.4 is 34.2 Å². The number of hydrogen-bond donors (Lipinski definition) is 9. The number of H-pyrrole nitrogens is 1. The van der Waals surface area contributed by atoms with Crippen LogP contribution in [0.3, 0.4) is 0 Å². The van der Waals surface area contributed by atoms with Gasteiger partial charge in [0.25, 0.3) is 5.56 Å². The predicted octanol–water partition coefficient (Wildman–Crippen LogP) is -0.228. The topological polar surface area (TPSA) is 491 Å². The minimum atomic E-state index is -4.67. The van der Waals surface area contributed by atoms with Crippen LogP contribution in [0.2, 0.25) is 0 Å². The van der Waals surface area contributed by atoms with Crippen molar-refractivity contribution in [3.05, 3.63) is 64.2 Å². The van der Waals surface area contributed by atoms with Crippen molar-refractivity contribution in [3.8, 4) is 0 Å². The molecule has 13 N–H and O–H groups in total. The Morgan fingerprint density at radius 3 is 1.68 bits per heavy atom. The summed E-state index contributed by atoms with van der Waals surface area (Å²) in [6.45, 7) is -7.09. The Balaban J connectivity index is 0.742. The fraction of sp³-hybridized carbons (Fsp3) is 0.596. The minimum Gasteiger partial charge on any atom is -0.387 e. The molecule has 484 valence electrons. The van der Waals surface area contributed by atoms with Gasteiger partial charge in [-0.15, -0.1) is 0 Å². The zero-order valence-electron chi connectivity index (χ0n) is 47.8. The molecule has 0 saturated carbocycles. The van der Waals surface area contributed by atoms with Gasteiger partial charge < -0.3 is 94.0 Å². The molecule has 7 aliphatic heterocycles. The number of nitrogens with zero attached hydrogens (tertiary/aromatic N) is 13. The van der Waals surface area contributed by atoms with Crippen LogP contribution in [0.4, 0.5) is 23.4 Å². The van der Waals surface area contributed by atoms with Crippen molar-refractivity contribution in [2.45, 2.75) is 156 Å². The molecule has 7 aromatic heterocycles. The third-order valence-electron chi connectivity index (χ3n) is 17.6. The van der Waals surface area contributed by atoms with E-state index in [1.165, 1.54) is 47.0 Å². The van der Waals surface area contributed by atoms with Crippen LogP contribution in [0.15, 0.2) is 47.4 Å². The Kier molecular flexibility index (Phi) is 15.4. The first-order valence-corrected chi connectivity index (χ1v) is 35.7. The van der Waals surface area contributed by atoms with Crippen molar-refractivity contribution in [3.63, 3.8) is 0 Å². The summed E-state index contributed by atoms with van der Waals surface area (Å²) in [5.41, 5.74) is 18.9. The normalized spacial score (nSPS) is 36.4. The molecule has 7 aliphatic rings. The molecule has 6 unspecified atom stereocenters. The van der Waals surface area contributed by atoms with Crippen LogP contribution in [0, 0.1) is 6.92 Å². The summed E-state index contributed by atoms with van der Waals surface area (Å²) in [4.78, 5) is 103. The van der Waals surface area contributed by atoms with E-state index >= 15 is 0 Å². The molecule has 14 rings (SSSR count). The van der Waals surface area contributed by atoms with Crippen LogP contribution >= 0.6 is 20.2 Å². The fourth-order valence-corrected chi connectivity index (χ4v) is 17.3. The van der Waals surface area contributed by atoms with Crippen molar-refractivity contribution in [1.82, 2.24) is 68.1 Å². The summed E-state index contributed by atoms with van der Waals surface area (Å²) in [6.07, 6.45) is -7.60. The molecule has 7 aromatic rings. The average Bonchev–Trinajstić information content (AvgIpc) is 1.56. The molecule has 0 aliphatic carbocycles. The highest BCUT2D eigenvalue weighted by molar-refractivity contribution is 8.07. The number of nitrogens with one attached hydrogen (secondary N) is 1. The van der Waals surface area contributed by atoms with Gasteiger partial charge in [-0.2, -0.15) is 9.97 Å². The largest absolute Gasteiger partial charge is 0.387 e. The van der Waals surface area contributed by atoms with Crippen LogP contribution in [0.25, 0.3) is 33.5 Å². The van der Waals surface area contributed by atoms with Gasteiger partial charge in [0.2, 0.25) is 5.95 Å². The number of aliphatic hydroxyl groups excluding tert-OH is 1. The number of ether oxygens (including phenoxy) is 7. The second-order valence-electron chi connectivity index (χ2n) is 22.7. The van der Waals surface area contributed by atoms with Crippen LogP contribution in [-0.4, -0.2) is 192 Å². The van der Waals surface area contributed by atoms with Gasteiger partial charge in [0.15, 0.2) is 52.8 Å². The van der Waals surface area contributed by atoms with Gasteiger partial charge >= 0.3 is 25.8 Å². The summed E-state index contributed by atoms with van der Waals surface area (Å²) in [6, 6.07) is 0. The highest BCUT2D eigenvalue weighted by Crippen LogP contribution is 2.63. The van der Waals surface area contributed by atoms with E-state index in [0.29, 0.717) is 23.1 Å². The van der Waals surface area contributed by atoms with Crippen LogP contribution in [0.1, 0.15) is 71.0 Å². The molecule has 90 heavy (non-hydrogen) atoms. The first-order chi connectivity index (χ1) is 42.7. The smallest absolute Gasteiger partial charge is 0.351 e. The Bertz CT molecular complexity index is 4310. The van der Waals surface area contributed by atoms with Crippen molar-refractivity contribution >= 4 is 112 Å². The lowest BCUT2D eigenvalue weighted by atomic mass is 9.94. The molecule has 43 heteroatoms. The standard InChI is InChI=1S/C47H59N18O19P3S3/c1-6-21-22(7-23(78-21)63-14-56-24-34(49)52-12-54-36(24)63)82-85(69,88)73-10-46-19(4)76-28(41(80-46)64-15-57-25-35(50)53-13-55-37(25)64)31(46)84-87(71,90)74-11-47-20(5)77-29(42(81-47)65-16-58-26-38(65)60-43(51)61-39(26)67)32(47)83-86(70,89)72-9-45-18(3)75-27(30(45)66)40(79-45)62-8-17(2)33(48)59-44(62)68/h8,12-16,18-23,27-32,40-42,66H,6-7,9-11H2,1-5H3,(H,69,88)(H,70,89)(H,71,90)(H2,48,59,68)(H2,49,52,54)(H2,50,53,55)(H3,51,60,61,67)/t18-,19-,20-,21+,22+,23+,27?,28?,29?,30+,31+,32+,40+,41+,42+,45-,46-,47-,85?,86?,87?/m0/s1. The van der Waals surface area contributed by atoms with Crippen LogP contribution in [0.5, 0.6) is 0 Å². The highest BCUT2D eigenvalue weighted by atomic mass is 32.5. The van der Waals surface area contributed by atoms with Gasteiger partial charge in [0, 0.05) is 18.2 Å². The lowest BCUT2D eigenvalue weighted by Gasteiger charge is -2.39. The Labute approximate surface area is 521 Å². The van der Waals surface area contributed by atoms with E-state index in [1.807, 2.05) is 6.92 Å². The van der Waals surface area contributed by atoms with Gasteiger partial charge in [-0.25, -0.2) is 39.7 Å². The minimum absolute atomic E-state index is 0.00324. The third kappa shape index (κ3) is 10.0. The number of aliphatic hydroxyl groups is 1. The molecule has 6 bridgehead atoms. The third-order valence-corrected chi connectivity index (χ3v) is 22.2. The highest BCUT2D eigenvalue weighted by Gasteiger charge is 2.72. The second-order valence-corrected chi connectivity index (χ2v) is 31.1. The maximum Gasteiger partial charge on any atom is 0.351 e. The number of fused-ring (bicyclic) bond motifs is 9. The first kappa shape index (κ1) is 62.3. The lowest BCUT2D eigenvalue weighted by Crippen LogP contribution is -2.52. The van der Waals surface area contributed by atoms with Gasteiger partial charge in [0.05, 0.1) is 69.3 Å². The van der Waals surface area contributed by atoms with Crippen LogP contribution in [-0.2, 0) is 95.7 Å². The molecule has 7 fully saturated rings. The maximum atomic E-state index is 13.1. The maximum absolute atomic E-state index is 13.1. The number of aryl methyl sites for hydroxylation is 1. The SMILES string of the molecule is CC[C@H]1O[C@@H](n2cnc3c(N)ncnc32)C[C@H]1OP(O)(=S)OC[C@]12O[C@@H](n3cnc4c(N)ncnc43)C(O[C@H]1C)[C@H]2OP(O)(=S)OC[C@]12O[C@@H](n3cnc4c(=O)[nH]c(N)nc43)C(O[C@H]1C)[C@H]2OP(O)(=S)OC[C@]12O[C@@H](n3cc(C)c(N)nc3=O)C(O[C@H]1C)[C@H]2O. The van der Waals surface area contributed by atoms with Crippen molar-refractivity contribution in [1.29, 1.82) is 0 Å². The van der Waals surface area contributed by atoms with E-state index in [4.69, 9.17) is 119 Å². The van der Waals surface area contributed by atoms with Gasteiger partial charge in [-0.05, 0) is 69.5 Å². The molecule has 21 atom stereocenters. The van der Waals surface area contributed by atoms with E-state index in [2.05, 4.69) is 49.8 Å². The zero-order chi connectivity index (χ0) is 63.5. The molecule has 7 saturated heterocycles. The van der Waals surface area contributed by atoms with Crippen molar-refractivity contribution < 1.29 is 80.1 Å². The van der Waals surface area contributed by atoms with E-state index in [9.17, 15) is 29.4 Å². The Morgan fingerprint density at radius 1 is 0.622 bits per heavy atom. The van der Waals surface area contributed by atoms with E-state index in [-0.39, 0.29) is 52.2 Å². The number of aromatic nitrogens is 14. The summed E-state index contributed by atoms with van der Waals surface area (Å²) in [5, 5.41) is 11.7. The molecule has 0 aromatic carbocycles. The summed E-state index contributed by atoms with van der Waals surface area (Å²) < 4.78 is 89.1. The number of hydrogen-bond acceptors (Lipinski definition) is 32. The summed E-state index contributed by atoms with van der Waals surface area (Å²) >= 11 is 17.3. The average molecular weight is 1370 g/mol. The Morgan fingerprint density at radius 2 is 1.10 bits per heavy atom. The number of anilines is 4. The molecular weight excluding hydrogens is 1310 g/mol. The van der Waals surface area contributed by atoms with Crippen molar-refractivity contribution in [2.75, 3.05) is 42.8 Å². The van der Waals surface area contributed by atoms with E-state index in [1.54, 1.807) is 32.3 Å². The Hall–Kier alpha value is -5.20. The second kappa shape index (κ2) is 22.2. The molecule has 0 amide bonds. The molecule has 0 spiro atoms. The fourth-order valence-electron chi connectivity index (χ4n) is 12.9. The molecular formula is C47H59N18O19P3S3. The summed E-state index contributed by atoms with van der Waals surface area (Å²) in [5.74, 6) is 0.00102. The van der Waals surface area contributed by atoms with Crippen molar-refractivity contribution in [2.24, 2.45) is 0 Å². The zero-order valence-corrected chi connectivity index (χ0v) is 52.9. The lowest BCUT2D eigenvalue weighted by molar-refractivity contribution is -0.218. The predicted molar refractivity (Wildman–Crippen MR) is 318 cm³/mol. The quantitative estimate of drug-likeness (QED) is 0.0445. The number of nitrogen functional groups attached to an aromatic ring is 4. The molecule has 0 radical (unpaired) electrons. The van der Waals surface area contributed by atoms with Gasteiger partial charge in [-0.3, -0.25) is 37.1 Å². The number of imidazole rings is 3. The van der Waals surface area contributed by atoms with E-state index in [0.717, 1.165) is 4.57 Å². The van der Waals surface area contributed by atoms with Gasteiger partial charge in [0.1, 0.15) is 89.2 Å². The number of rotatable bonds is 20. The van der Waals surface area contributed by atoms with Gasteiger partial charge in [-0.1, -0.05) is 6.92 Å². The van der Waals surface area contributed by atoms with E-state index < -0.39 is 160 Å². The monoisotopic (exact) mass is 1370 g/mol. The number of aromatic amines is 1. The summed E-state index contributed by atoms with van der Waals surface area (Å²) in [7, 11) is 0. The molecule has 37 nitrogen and oxygen atoms in total. The first-order valence-electron chi connectivity index (χ1n) is 27.9. The molecule has 14 heterocycles. The number of nitrogens with two attached hydrogens (primary N) is 4.